The highest BCUT2D eigenvalue weighted by Crippen LogP contribution is 2.12. The van der Waals surface area contributed by atoms with Crippen molar-refractivity contribution in [2.24, 2.45) is 0 Å². The van der Waals surface area contributed by atoms with Gasteiger partial charge in [0.15, 0.2) is 0 Å². The number of hydrazine groups is 1. The van der Waals surface area contributed by atoms with Crippen molar-refractivity contribution in [3.63, 3.8) is 0 Å². The number of carbonyl (C=O) groups is 2. The summed E-state index contributed by atoms with van der Waals surface area (Å²) in [6, 6.07) is 5.93. The summed E-state index contributed by atoms with van der Waals surface area (Å²) in [7, 11) is 0. The molecule has 7 heteroatoms. The van der Waals surface area contributed by atoms with Crippen LogP contribution in [0.1, 0.15) is 29.5 Å². The first-order chi connectivity index (χ1) is 13.5. The Labute approximate surface area is 166 Å². The first kappa shape index (κ1) is 20.1. The van der Waals surface area contributed by atoms with Gasteiger partial charge < -0.3 is 16.0 Å². The van der Waals surface area contributed by atoms with Crippen LogP contribution in [0.2, 0.25) is 0 Å². The summed E-state index contributed by atoms with van der Waals surface area (Å²) >= 11 is 0. The van der Waals surface area contributed by atoms with E-state index in [0.717, 1.165) is 18.4 Å². The Hall–Kier alpha value is -2.64. The molecule has 7 nitrogen and oxygen atoms in total. The molecule has 1 aromatic rings. The molecule has 0 radical (unpaired) electrons. The van der Waals surface area contributed by atoms with E-state index in [1.807, 2.05) is 12.1 Å². The number of amides is 3. The van der Waals surface area contributed by atoms with Crippen LogP contribution in [0.4, 0.5) is 4.79 Å². The number of benzene rings is 1. The van der Waals surface area contributed by atoms with E-state index in [0.29, 0.717) is 19.6 Å². The number of nitrogens with one attached hydrogen (secondary N) is 4. The van der Waals surface area contributed by atoms with E-state index < -0.39 is 0 Å². The molecule has 3 amide bonds. The predicted octanol–water partition coefficient (Wildman–Crippen LogP) is 1.64. The molecule has 1 heterocycles. The molecule has 1 unspecified atom stereocenters. The van der Waals surface area contributed by atoms with Gasteiger partial charge in [-0.05, 0) is 49.0 Å². The Morgan fingerprint density at radius 1 is 1.25 bits per heavy atom. The Bertz CT molecular complexity index is 787. The summed E-state index contributed by atoms with van der Waals surface area (Å²) < 4.78 is 0. The number of rotatable bonds is 7. The van der Waals surface area contributed by atoms with Gasteiger partial charge in [-0.15, -0.1) is 0 Å². The van der Waals surface area contributed by atoms with Crippen molar-refractivity contribution >= 4 is 11.9 Å². The normalized spacial score (nSPS) is 19.3. The molecule has 150 valence electrons. The second kappa shape index (κ2) is 9.52. The molecule has 4 N–H and O–H groups in total. The lowest BCUT2D eigenvalue weighted by molar-refractivity contribution is -0.118. The Balaban J connectivity index is 1.46. The van der Waals surface area contributed by atoms with E-state index in [1.54, 1.807) is 5.01 Å². The van der Waals surface area contributed by atoms with Gasteiger partial charge in [0.1, 0.15) is 6.17 Å². The van der Waals surface area contributed by atoms with E-state index in [1.165, 1.54) is 16.7 Å². The van der Waals surface area contributed by atoms with Gasteiger partial charge >= 0.3 is 6.03 Å². The van der Waals surface area contributed by atoms with E-state index in [9.17, 15) is 9.59 Å². The van der Waals surface area contributed by atoms with Crippen molar-refractivity contribution in [1.82, 2.24) is 26.4 Å². The number of nitrogens with zero attached hydrogens (tertiary/aromatic N) is 1. The van der Waals surface area contributed by atoms with Gasteiger partial charge in [-0.25, -0.2) is 4.79 Å². The summed E-state index contributed by atoms with van der Waals surface area (Å²) in [5.74, 6) is -0.100. The van der Waals surface area contributed by atoms with Gasteiger partial charge in [0, 0.05) is 19.6 Å². The third-order valence-corrected chi connectivity index (χ3v) is 5.16. The van der Waals surface area contributed by atoms with Crippen LogP contribution in [-0.4, -0.2) is 42.7 Å². The van der Waals surface area contributed by atoms with E-state index >= 15 is 0 Å². The number of allylic oxidation sites excluding steroid dienone is 2. The minimum Gasteiger partial charge on any atom is -0.337 e. The van der Waals surface area contributed by atoms with Gasteiger partial charge in [-0.3, -0.25) is 10.2 Å². The molecular formula is C21H29N5O2. The average molecular weight is 383 g/mol. The van der Waals surface area contributed by atoms with Crippen molar-refractivity contribution < 1.29 is 9.59 Å². The Morgan fingerprint density at radius 3 is 2.89 bits per heavy atom. The smallest absolute Gasteiger partial charge is 0.329 e. The molecule has 2 aliphatic rings. The molecule has 0 spiro atoms. The third kappa shape index (κ3) is 5.43. The third-order valence-electron chi connectivity index (χ3n) is 5.16. The lowest BCUT2D eigenvalue weighted by Crippen LogP contribution is -2.54. The maximum Gasteiger partial charge on any atom is 0.329 e. The maximum absolute atomic E-state index is 12.2. The van der Waals surface area contributed by atoms with Crippen LogP contribution in [0.5, 0.6) is 0 Å². The molecule has 0 aromatic heterocycles. The Kier molecular flexibility index (Phi) is 6.84. The summed E-state index contributed by atoms with van der Waals surface area (Å²) in [5.41, 5.74) is 7.64. The molecular weight excluding hydrogens is 354 g/mol. The minimum atomic E-state index is -0.309. The van der Waals surface area contributed by atoms with Crippen molar-refractivity contribution in [1.29, 1.82) is 0 Å². The maximum atomic E-state index is 12.2. The monoisotopic (exact) mass is 383 g/mol. The minimum absolute atomic E-state index is 0.100. The number of hydrogen-bond acceptors (Lipinski definition) is 4. The highest BCUT2D eigenvalue weighted by Gasteiger charge is 2.30. The van der Waals surface area contributed by atoms with Crippen LogP contribution in [0.15, 0.2) is 42.0 Å². The number of hydrogen-bond donors (Lipinski definition) is 4. The molecule has 1 saturated heterocycles. The standard InChI is InChI=1S/C21H29N5O2/c1-15-7-6-10-18(16(15)2)12-22-13-19-24-20(27)14-26(19)25-21(28)23-11-17-8-4-3-5-9-17/h4,6-10,19,22H,3,5,11-14H2,1-2H3,(H,24,27)(H2,23,25,28). The average Bonchev–Trinajstić information content (AvgIpc) is 3.03. The molecule has 0 saturated carbocycles. The summed E-state index contributed by atoms with van der Waals surface area (Å²) in [5, 5.41) is 10.7. The van der Waals surface area contributed by atoms with Gasteiger partial charge in [0.05, 0.1) is 6.54 Å². The van der Waals surface area contributed by atoms with Gasteiger partial charge in [-0.2, -0.15) is 5.01 Å². The van der Waals surface area contributed by atoms with E-state index in [4.69, 9.17) is 0 Å². The van der Waals surface area contributed by atoms with E-state index in [2.05, 4.69) is 59.5 Å². The fourth-order valence-corrected chi connectivity index (χ4v) is 3.35. The zero-order valence-electron chi connectivity index (χ0n) is 16.5. The fourth-order valence-electron chi connectivity index (χ4n) is 3.35. The van der Waals surface area contributed by atoms with Gasteiger partial charge in [-0.1, -0.05) is 36.4 Å². The molecule has 1 aliphatic heterocycles. The molecule has 0 bridgehead atoms. The molecule has 28 heavy (non-hydrogen) atoms. The van der Waals surface area contributed by atoms with E-state index in [-0.39, 0.29) is 24.6 Å². The number of aryl methyl sites for hydroxylation is 1. The second-order valence-electron chi connectivity index (χ2n) is 7.25. The number of carbonyl (C=O) groups excluding carboxylic acids is 2. The lowest BCUT2D eigenvalue weighted by atomic mass is 10.0. The van der Waals surface area contributed by atoms with Crippen molar-refractivity contribution in [3.05, 3.63) is 58.7 Å². The largest absolute Gasteiger partial charge is 0.337 e. The second-order valence-corrected chi connectivity index (χ2v) is 7.25. The topological polar surface area (TPSA) is 85.5 Å². The summed E-state index contributed by atoms with van der Waals surface area (Å²) in [6.07, 6.45) is 8.04. The highest BCUT2D eigenvalue weighted by molar-refractivity contribution is 5.81. The van der Waals surface area contributed by atoms with Crippen LogP contribution in [0.3, 0.4) is 0 Å². The summed E-state index contributed by atoms with van der Waals surface area (Å²) in [6.45, 7) is 6.07. The molecule has 1 atom stereocenters. The summed E-state index contributed by atoms with van der Waals surface area (Å²) in [4.78, 5) is 24.0. The van der Waals surface area contributed by atoms with Crippen molar-refractivity contribution in [2.75, 3.05) is 19.6 Å². The highest BCUT2D eigenvalue weighted by atomic mass is 16.2. The van der Waals surface area contributed by atoms with Crippen molar-refractivity contribution in [3.8, 4) is 0 Å². The quantitative estimate of drug-likeness (QED) is 0.577. The SMILES string of the molecule is Cc1cccc(CNCC2NC(=O)CN2NC(=O)NCC2=CCCC=C2)c1C. The first-order valence-corrected chi connectivity index (χ1v) is 9.75. The van der Waals surface area contributed by atoms with Crippen LogP contribution < -0.4 is 21.4 Å². The van der Waals surface area contributed by atoms with Gasteiger partial charge in [0.25, 0.3) is 0 Å². The van der Waals surface area contributed by atoms with Crippen LogP contribution >= 0.6 is 0 Å². The molecule has 3 rings (SSSR count). The molecule has 1 aromatic carbocycles. The zero-order chi connectivity index (χ0) is 19.9. The predicted molar refractivity (Wildman–Crippen MR) is 109 cm³/mol. The lowest BCUT2D eigenvalue weighted by Gasteiger charge is -2.24. The number of urea groups is 1. The molecule has 1 fully saturated rings. The fraction of sp³-hybridized carbons (Fsp3) is 0.429. The van der Waals surface area contributed by atoms with Crippen LogP contribution in [0, 0.1) is 13.8 Å². The Morgan fingerprint density at radius 2 is 2.11 bits per heavy atom. The van der Waals surface area contributed by atoms with Crippen LogP contribution in [-0.2, 0) is 11.3 Å². The van der Waals surface area contributed by atoms with Crippen molar-refractivity contribution in [2.45, 2.75) is 39.4 Å². The van der Waals surface area contributed by atoms with Gasteiger partial charge in [0.2, 0.25) is 5.91 Å². The van der Waals surface area contributed by atoms with Crippen LogP contribution in [0.25, 0.3) is 0 Å². The molecule has 1 aliphatic carbocycles. The first-order valence-electron chi connectivity index (χ1n) is 9.75. The zero-order valence-corrected chi connectivity index (χ0v) is 16.5.